The minimum atomic E-state index is -0.219. The summed E-state index contributed by atoms with van der Waals surface area (Å²) in [4.78, 5) is 2.54. The summed E-state index contributed by atoms with van der Waals surface area (Å²) in [7, 11) is 0. The molecule has 3 rings (SSSR count). The van der Waals surface area contributed by atoms with Crippen molar-refractivity contribution in [3.05, 3.63) is 23.8 Å². The van der Waals surface area contributed by atoms with Crippen LogP contribution >= 0.6 is 0 Å². The lowest BCUT2D eigenvalue weighted by atomic mass is 9.61. The maximum atomic E-state index is 10.5. The van der Waals surface area contributed by atoms with Gasteiger partial charge in [0.15, 0.2) is 0 Å². The topological polar surface area (TPSA) is 43.7 Å². The van der Waals surface area contributed by atoms with E-state index in [1.54, 1.807) is 0 Å². The zero-order valence-electron chi connectivity index (χ0n) is 11.8. The fraction of sp³-hybridized carbons (Fsp3) is 0.750. The van der Waals surface area contributed by atoms with Crippen LogP contribution in [0.3, 0.4) is 0 Å². The SMILES string of the molecule is C[C@H](CO)C[C@]12C3=CC[C@H](O)[C@H]1CCCN2CC=C3. The normalized spacial score (nSPS) is 39.6. The van der Waals surface area contributed by atoms with Gasteiger partial charge in [-0.3, -0.25) is 4.90 Å². The Morgan fingerprint density at radius 1 is 1.53 bits per heavy atom. The minimum Gasteiger partial charge on any atom is -0.396 e. The van der Waals surface area contributed by atoms with Crippen molar-refractivity contribution < 1.29 is 10.2 Å². The zero-order chi connectivity index (χ0) is 13.5. The summed E-state index contributed by atoms with van der Waals surface area (Å²) in [5, 5.41) is 19.9. The third-order valence-corrected chi connectivity index (χ3v) is 5.26. The summed E-state index contributed by atoms with van der Waals surface area (Å²) < 4.78 is 0. The third-order valence-electron chi connectivity index (χ3n) is 5.26. The summed E-state index contributed by atoms with van der Waals surface area (Å²) in [5.74, 6) is 0.614. The molecule has 0 saturated carbocycles. The van der Waals surface area contributed by atoms with Crippen molar-refractivity contribution in [3.8, 4) is 0 Å². The Labute approximate surface area is 115 Å². The Kier molecular flexibility index (Phi) is 3.54. The summed E-state index contributed by atoms with van der Waals surface area (Å²) in [6.45, 7) is 4.44. The number of aliphatic hydroxyl groups excluding tert-OH is 2. The van der Waals surface area contributed by atoms with Crippen molar-refractivity contribution in [3.63, 3.8) is 0 Å². The number of aliphatic hydroxyl groups is 2. The van der Waals surface area contributed by atoms with Gasteiger partial charge in [0.05, 0.1) is 11.6 Å². The second-order valence-electron chi connectivity index (χ2n) is 6.48. The molecule has 0 aromatic rings. The maximum Gasteiger partial charge on any atom is 0.0624 e. The highest BCUT2D eigenvalue weighted by Crippen LogP contribution is 2.50. The first kappa shape index (κ1) is 13.3. The van der Waals surface area contributed by atoms with Crippen LogP contribution in [0, 0.1) is 11.8 Å². The molecule has 3 aliphatic rings. The van der Waals surface area contributed by atoms with Crippen molar-refractivity contribution >= 4 is 0 Å². The average molecular weight is 263 g/mol. The van der Waals surface area contributed by atoms with E-state index >= 15 is 0 Å². The first-order valence-electron chi connectivity index (χ1n) is 7.59. The van der Waals surface area contributed by atoms with Gasteiger partial charge >= 0.3 is 0 Å². The maximum absolute atomic E-state index is 10.5. The lowest BCUT2D eigenvalue weighted by molar-refractivity contribution is -0.0589. The van der Waals surface area contributed by atoms with Crippen LogP contribution in [0.5, 0.6) is 0 Å². The van der Waals surface area contributed by atoms with E-state index in [1.807, 2.05) is 0 Å². The molecular weight excluding hydrogens is 238 g/mol. The van der Waals surface area contributed by atoms with Crippen molar-refractivity contribution in [1.29, 1.82) is 0 Å². The molecule has 1 aliphatic carbocycles. The van der Waals surface area contributed by atoms with Gasteiger partial charge < -0.3 is 10.2 Å². The zero-order valence-corrected chi connectivity index (χ0v) is 11.8. The summed E-state index contributed by atoms with van der Waals surface area (Å²) >= 11 is 0. The van der Waals surface area contributed by atoms with Gasteiger partial charge in [-0.05, 0) is 43.7 Å². The Morgan fingerprint density at radius 2 is 2.37 bits per heavy atom. The molecule has 0 bridgehead atoms. The molecule has 0 aromatic carbocycles. The van der Waals surface area contributed by atoms with E-state index in [4.69, 9.17) is 0 Å². The Bertz CT molecular complexity index is 404. The molecule has 0 spiro atoms. The Morgan fingerprint density at radius 3 is 3.16 bits per heavy atom. The minimum absolute atomic E-state index is 0.0210. The molecule has 0 aromatic heterocycles. The predicted octanol–water partition coefficient (Wildman–Crippen LogP) is 1.72. The van der Waals surface area contributed by atoms with E-state index < -0.39 is 0 Å². The third kappa shape index (κ3) is 1.99. The molecule has 3 nitrogen and oxygen atoms in total. The van der Waals surface area contributed by atoms with Gasteiger partial charge in [0.25, 0.3) is 0 Å². The molecule has 106 valence electrons. The Balaban J connectivity index is 2.04. The molecule has 2 N–H and O–H groups in total. The quantitative estimate of drug-likeness (QED) is 0.815. The van der Waals surface area contributed by atoms with E-state index in [9.17, 15) is 10.2 Å². The smallest absolute Gasteiger partial charge is 0.0624 e. The number of hydrogen-bond donors (Lipinski definition) is 2. The van der Waals surface area contributed by atoms with Crippen molar-refractivity contribution in [2.75, 3.05) is 19.7 Å². The van der Waals surface area contributed by atoms with E-state index in [1.165, 1.54) is 12.0 Å². The van der Waals surface area contributed by atoms with Crippen molar-refractivity contribution in [1.82, 2.24) is 4.90 Å². The lowest BCUT2D eigenvalue weighted by Crippen LogP contribution is -2.64. The van der Waals surface area contributed by atoms with E-state index in [0.717, 1.165) is 32.4 Å². The Hall–Kier alpha value is -0.640. The van der Waals surface area contributed by atoms with E-state index in [0.29, 0.717) is 5.92 Å². The van der Waals surface area contributed by atoms with Crippen LogP contribution in [0.2, 0.25) is 0 Å². The van der Waals surface area contributed by atoms with Crippen molar-refractivity contribution in [2.45, 2.75) is 44.2 Å². The van der Waals surface area contributed by atoms with Crippen LogP contribution in [0.15, 0.2) is 23.8 Å². The van der Waals surface area contributed by atoms with Gasteiger partial charge in [-0.1, -0.05) is 25.2 Å². The molecular formula is C16H25NO2. The first-order valence-corrected chi connectivity index (χ1v) is 7.59. The second-order valence-corrected chi connectivity index (χ2v) is 6.48. The fourth-order valence-corrected chi connectivity index (χ4v) is 4.44. The molecule has 3 heteroatoms. The molecule has 1 saturated heterocycles. The number of nitrogens with zero attached hydrogens (tertiary/aromatic N) is 1. The fourth-order valence-electron chi connectivity index (χ4n) is 4.44. The summed E-state index contributed by atoms with van der Waals surface area (Å²) in [6, 6.07) is 0. The molecule has 0 radical (unpaired) electrons. The standard InChI is InChI=1S/C16H25NO2/c1-12(11-18)10-16-13-4-2-8-17(16)9-3-5-14(16)15(19)7-6-13/h2,4,6,12,14-15,18-19H,3,5,7-11H2,1H3/t12-,14+,15-,16-/m0/s1. The monoisotopic (exact) mass is 263 g/mol. The van der Waals surface area contributed by atoms with Crippen LogP contribution < -0.4 is 0 Å². The lowest BCUT2D eigenvalue weighted by Gasteiger charge is -2.58. The van der Waals surface area contributed by atoms with Crippen molar-refractivity contribution in [2.24, 2.45) is 11.8 Å². The number of rotatable bonds is 3. The molecule has 4 atom stereocenters. The molecule has 2 aliphatic heterocycles. The predicted molar refractivity (Wildman–Crippen MR) is 75.7 cm³/mol. The van der Waals surface area contributed by atoms with Crippen LogP contribution in [0.25, 0.3) is 0 Å². The largest absolute Gasteiger partial charge is 0.396 e. The van der Waals surface area contributed by atoms with E-state index in [-0.39, 0.29) is 24.2 Å². The summed E-state index contributed by atoms with van der Waals surface area (Å²) in [5.41, 5.74) is 1.36. The molecule has 0 amide bonds. The molecule has 0 unspecified atom stereocenters. The van der Waals surface area contributed by atoms with Gasteiger partial charge in [-0.25, -0.2) is 0 Å². The second kappa shape index (κ2) is 5.04. The van der Waals surface area contributed by atoms with Gasteiger partial charge in [0.1, 0.15) is 0 Å². The number of piperidine rings is 1. The first-order chi connectivity index (χ1) is 9.18. The highest BCUT2D eigenvalue weighted by molar-refractivity contribution is 5.39. The van der Waals surface area contributed by atoms with Crippen LogP contribution in [0.1, 0.15) is 32.6 Å². The number of hydrogen-bond acceptors (Lipinski definition) is 3. The highest BCUT2D eigenvalue weighted by Gasteiger charge is 2.53. The van der Waals surface area contributed by atoms with Crippen LogP contribution in [0.4, 0.5) is 0 Å². The average Bonchev–Trinajstić information content (AvgIpc) is 2.42. The van der Waals surface area contributed by atoms with Gasteiger partial charge in [-0.2, -0.15) is 0 Å². The molecule has 19 heavy (non-hydrogen) atoms. The summed E-state index contributed by atoms with van der Waals surface area (Å²) in [6.07, 6.45) is 10.5. The highest BCUT2D eigenvalue weighted by atomic mass is 16.3. The van der Waals surface area contributed by atoms with Gasteiger partial charge in [0.2, 0.25) is 0 Å². The van der Waals surface area contributed by atoms with E-state index in [2.05, 4.69) is 30.1 Å². The van der Waals surface area contributed by atoms with Crippen LogP contribution in [-0.2, 0) is 0 Å². The molecule has 1 fully saturated rings. The van der Waals surface area contributed by atoms with Gasteiger partial charge in [0, 0.05) is 19.1 Å². The van der Waals surface area contributed by atoms with Crippen LogP contribution in [-0.4, -0.2) is 46.5 Å². The molecule has 2 heterocycles. The van der Waals surface area contributed by atoms with Gasteiger partial charge in [-0.15, -0.1) is 0 Å².